The average molecular weight is 192 g/mol. The fourth-order valence-corrected chi connectivity index (χ4v) is 1.26. The summed E-state index contributed by atoms with van der Waals surface area (Å²) in [5.74, 6) is 0.0555. The molecule has 1 amide bonds. The molecule has 3 N–H and O–H groups in total. The Balaban J connectivity index is 2.69. The van der Waals surface area contributed by atoms with E-state index in [1.54, 1.807) is 0 Å². The summed E-state index contributed by atoms with van der Waals surface area (Å²) < 4.78 is 0. The summed E-state index contributed by atoms with van der Waals surface area (Å²) >= 11 is 0. The van der Waals surface area contributed by atoms with Gasteiger partial charge in [-0.25, -0.2) is 0 Å². The van der Waals surface area contributed by atoms with Crippen molar-refractivity contribution in [2.24, 2.45) is 0 Å². The summed E-state index contributed by atoms with van der Waals surface area (Å²) in [5, 5.41) is 2.88. The first kappa shape index (κ1) is 10.6. The third kappa shape index (κ3) is 2.76. The number of nitrogens with one attached hydrogen (secondary N) is 1. The molecule has 3 nitrogen and oxygen atoms in total. The lowest BCUT2D eigenvalue weighted by molar-refractivity contribution is -0.121. The van der Waals surface area contributed by atoms with Gasteiger partial charge in [-0.3, -0.25) is 4.79 Å². The Bertz CT molecular complexity index is 323. The molecule has 0 aliphatic rings. The smallest absolute Gasteiger partial charge is 0.220 e. The fraction of sp³-hybridized carbons (Fsp3) is 0.364. The van der Waals surface area contributed by atoms with Crippen LogP contribution in [-0.2, 0) is 4.79 Å². The lowest BCUT2D eigenvalue weighted by atomic mass is 10.1. The molecule has 0 spiro atoms. The molecular weight excluding hydrogens is 176 g/mol. The predicted octanol–water partition coefficient (Wildman–Crippen LogP) is 1.86. The standard InChI is InChI=1S/C11H16N2O/c1-3-11(14)13-8(2)9-5-4-6-10(12)7-9/h4-8H,3,12H2,1-2H3,(H,13,14). The number of carbonyl (C=O) groups is 1. The van der Waals surface area contributed by atoms with Crippen molar-refractivity contribution in [3.8, 4) is 0 Å². The van der Waals surface area contributed by atoms with Gasteiger partial charge in [0.05, 0.1) is 6.04 Å². The first-order chi connectivity index (χ1) is 6.63. The van der Waals surface area contributed by atoms with E-state index in [0.29, 0.717) is 6.42 Å². The Morgan fingerprint density at radius 3 is 2.86 bits per heavy atom. The Kier molecular flexibility index (Phi) is 3.51. The number of hydrogen-bond donors (Lipinski definition) is 2. The number of benzene rings is 1. The summed E-state index contributed by atoms with van der Waals surface area (Å²) in [7, 11) is 0. The van der Waals surface area contributed by atoms with Crippen molar-refractivity contribution in [1.82, 2.24) is 5.32 Å². The molecule has 76 valence electrons. The molecule has 1 rings (SSSR count). The number of carbonyl (C=O) groups excluding carboxylic acids is 1. The predicted molar refractivity (Wildman–Crippen MR) is 57.7 cm³/mol. The van der Waals surface area contributed by atoms with E-state index in [4.69, 9.17) is 5.73 Å². The summed E-state index contributed by atoms with van der Waals surface area (Å²) in [6.07, 6.45) is 0.507. The van der Waals surface area contributed by atoms with Gasteiger partial charge in [0.2, 0.25) is 5.91 Å². The second-order valence-corrected chi connectivity index (χ2v) is 3.31. The Morgan fingerprint density at radius 1 is 1.57 bits per heavy atom. The molecule has 0 aromatic heterocycles. The molecular formula is C11H16N2O. The molecule has 3 heteroatoms. The maximum absolute atomic E-state index is 11.1. The van der Waals surface area contributed by atoms with Crippen molar-refractivity contribution in [1.29, 1.82) is 0 Å². The van der Waals surface area contributed by atoms with E-state index in [-0.39, 0.29) is 11.9 Å². The Hall–Kier alpha value is -1.51. The van der Waals surface area contributed by atoms with E-state index >= 15 is 0 Å². The monoisotopic (exact) mass is 192 g/mol. The lowest BCUT2D eigenvalue weighted by Crippen LogP contribution is -2.25. The number of hydrogen-bond acceptors (Lipinski definition) is 2. The third-order valence-electron chi connectivity index (χ3n) is 2.11. The van der Waals surface area contributed by atoms with Crippen LogP contribution in [0.5, 0.6) is 0 Å². The van der Waals surface area contributed by atoms with Crippen molar-refractivity contribution in [2.75, 3.05) is 5.73 Å². The molecule has 1 aromatic carbocycles. The highest BCUT2D eigenvalue weighted by Crippen LogP contribution is 2.15. The van der Waals surface area contributed by atoms with Crippen LogP contribution in [0.25, 0.3) is 0 Å². The second-order valence-electron chi connectivity index (χ2n) is 3.31. The van der Waals surface area contributed by atoms with E-state index in [1.165, 1.54) is 0 Å². The minimum absolute atomic E-state index is 0.0194. The van der Waals surface area contributed by atoms with Crippen LogP contribution in [0.4, 0.5) is 5.69 Å². The minimum atomic E-state index is 0.0194. The van der Waals surface area contributed by atoms with E-state index in [9.17, 15) is 4.79 Å². The normalized spacial score (nSPS) is 12.1. The van der Waals surface area contributed by atoms with Crippen LogP contribution in [-0.4, -0.2) is 5.91 Å². The van der Waals surface area contributed by atoms with Crippen molar-refractivity contribution < 1.29 is 4.79 Å². The van der Waals surface area contributed by atoms with Crippen LogP contribution in [0.3, 0.4) is 0 Å². The molecule has 0 fully saturated rings. The molecule has 0 bridgehead atoms. The quantitative estimate of drug-likeness (QED) is 0.718. The zero-order valence-corrected chi connectivity index (χ0v) is 8.58. The maximum Gasteiger partial charge on any atom is 0.220 e. The molecule has 0 aliphatic carbocycles. The summed E-state index contributed by atoms with van der Waals surface area (Å²) in [5.41, 5.74) is 7.40. The van der Waals surface area contributed by atoms with Crippen LogP contribution in [0.1, 0.15) is 31.9 Å². The number of nitrogens with two attached hydrogens (primary N) is 1. The van der Waals surface area contributed by atoms with Crippen LogP contribution in [0.15, 0.2) is 24.3 Å². The SMILES string of the molecule is CCC(=O)NC(C)c1cccc(N)c1. The van der Waals surface area contributed by atoms with E-state index < -0.39 is 0 Å². The molecule has 0 radical (unpaired) electrons. The Morgan fingerprint density at radius 2 is 2.29 bits per heavy atom. The average Bonchev–Trinajstić information content (AvgIpc) is 2.17. The third-order valence-corrected chi connectivity index (χ3v) is 2.11. The van der Waals surface area contributed by atoms with Gasteiger partial charge >= 0.3 is 0 Å². The molecule has 0 aliphatic heterocycles. The largest absolute Gasteiger partial charge is 0.399 e. The van der Waals surface area contributed by atoms with Crippen molar-refractivity contribution in [2.45, 2.75) is 26.3 Å². The topological polar surface area (TPSA) is 55.1 Å². The minimum Gasteiger partial charge on any atom is -0.399 e. The highest BCUT2D eigenvalue weighted by Gasteiger charge is 2.07. The molecule has 0 saturated carbocycles. The lowest BCUT2D eigenvalue weighted by Gasteiger charge is -2.13. The molecule has 14 heavy (non-hydrogen) atoms. The first-order valence-corrected chi connectivity index (χ1v) is 4.78. The molecule has 1 atom stereocenters. The first-order valence-electron chi connectivity index (χ1n) is 4.78. The highest BCUT2D eigenvalue weighted by atomic mass is 16.1. The van der Waals surface area contributed by atoms with Gasteiger partial charge in [0.15, 0.2) is 0 Å². The summed E-state index contributed by atoms with van der Waals surface area (Å²) in [4.78, 5) is 11.1. The van der Waals surface area contributed by atoms with Gasteiger partial charge in [-0.05, 0) is 24.6 Å². The number of nitrogen functional groups attached to an aromatic ring is 1. The van der Waals surface area contributed by atoms with Crippen molar-refractivity contribution in [3.63, 3.8) is 0 Å². The van der Waals surface area contributed by atoms with E-state index in [0.717, 1.165) is 11.3 Å². The molecule has 0 heterocycles. The van der Waals surface area contributed by atoms with E-state index in [1.807, 2.05) is 38.1 Å². The van der Waals surface area contributed by atoms with Gasteiger partial charge in [-0.2, -0.15) is 0 Å². The van der Waals surface area contributed by atoms with Crippen LogP contribution >= 0.6 is 0 Å². The number of amides is 1. The zero-order valence-electron chi connectivity index (χ0n) is 8.58. The molecule has 0 saturated heterocycles. The van der Waals surface area contributed by atoms with Gasteiger partial charge in [0.25, 0.3) is 0 Å². The summed E-state index contributed by atoms with van der Waals surface area (Å²) in [6.45, 7) is 3.78. The second kappa shape index (κ2) is 4.65. The Labute approximate surface area is 84.3 Å². The van der Waals surface area contributed by atoms with Crippen LogP contribution < -0.4 is 11.1 Å². The van der Waals surface area contributed by atoms with E-state index in [2.05, 4.69) is 5.32 Å². The number of anilines is 1. The van der Waals surface area contributed by atoms with Crippen LogP contribution in [0, 0.1) is 0 Å². The van der Waals surface area contributed by atoms with Crippen molar-refractivity contribution in [3.05, 3.63) is 29.8 Å². The number of rotatable bonds is 3. The molecule has 1 aromatic rings. The van der Waals surface area contributed by atoms with Gasteiger partial charge < -0.3 is 11.1 Å². The van der Waals surface area contributed by atoms with Gasteiger partial charge in [-0.1, -0.05) is 19.1 Å². The van der Waals surface area contributed by atoms with Gasteiger partial charge in [-0.15, -0.1) is 0 Å². The summed E-state index contributed by atoms with van der Waals surface area (Å²) in [6, 6.07) is 7.57. The zero-order chi connectivity index (χ0) is 10.6. The van der Waals surface area contributed by atoms with Crippen LogP contribution in [0.2, 0.25) is 0 Å². The maximum atomic E-state index is 11.1. The fourth-order valence-electron chi connectivity index (χ4n) is 1.26. The molecule has 1 unspecified atom stereocenters. The van der Waals surface area contributed by atoms with Crippen molar-refractivity contribution >= 4 is 11.6 Å². The van der Waals surface area contributed by atoms with Gasteiger partial charge in [0.1, 0.15) is 0 Å². The van der Waals surface area contributed by atoms with Gasteiger partial charge in [0, 0.05) is 12.1 Å². The highest BCUT2D eigenvalue weighted by molar-refractivity contribution is 5.76.